The Morgan fingerprint density at radius 1 is 1.25 bits per heavy atom. The van der Waals surface area contributed by atoms with E-state index in [0.717, 1.165) is 16.8 Å². The van der Waals surface area contributed by atoms with Gasteiger partial charge in [-0.3, -0.25) is 9.69 Å². The van der Waals surface area contributed by atoms with Crippen LogP contribution >= 0.6 is 0 Å². The molecule has 3 N–H and O–H groups in total. The number of aryl methyl sites for hydroxylation is 2. The van der Waals surface area contributed by atoms with Crippen molar-refractivity contribution in [2.24, 2.45) is 0 Å². The Hall–Kier alpha value is -2.87. The van der Waals surface area contributed by atoms with Crippen LogP contribution in [-0.4, -0.2) is 55.6 Å². The second-order valence-corrected chi connectivity index (χ2v) is 6.92. The zero-order valence-corrected chi connectivity index (χ0v) is 17.0. The first-order chi connectivity index (χ1) is 13.2. The fourth-order valence-electron chi connectivity index (χ4n) is 3.17. The maximum absolute atomic E-state index is 12.5. The van der Waals surface area contributed by atoms with Gasteiger partial charge in [0.05, 0.1) is 24.8 Å². The van der Waals surface area contributed by atoms with Gasteiger partial charge in [-0.05, 0) is 45.9 Å². The van der Waals surface area contributed by atoms with Gasteiger partial charge in [-0.1, -0.05) is 18.2 Å². The van der Waals surface area contributed by atoms with Crippen molar-refractivity contribution in [3.8, 4) is 0 Å². The summed E-state index contributed by atoms with van der Waals surface area (Å²) in [6.45, 7) is 7.89. The lowest BCUT2D eigenvalue weighted by Gasteiger charge is -2.28. The molecule has 0 saturated heterocycles. The van der Waals surface area contributed by atoms with Crippen molar-refractivity contribution in [3.63, 3.8) is 0 Å². The molecule has 0 spiro atoms. The number of nitrogens with zero attached hydrogens (tertiary/aromatic N) is 1. The number of anilines is 1. The van der Waals surface area contributed by atoms with Crippen LogP contribution in [0.15, 0.2) is 29.5 Å². The number of benzene rings is 1. The van der Waals surface area contributed by atoms with E-state index in [0.29, 0.717) is 11.3 Å². The quantitative estimate of drug-likeness (QED) is 0.618. The van der Waals surface area contributed by atoms with E-state index in [1.807, 2.05) is 32.0 Å². The van der Waals surface area contributed by atoms with Crippen LogP contribution in [0.1, 0.15) is 25.0 Å². The lowest BCUT2D eigenvalue weighted by Crippen LogP contribution is -2.51. The van der Waals surface area contributed by atoms with E-state index < -0.39 is 12.0 Å². The molecule has 1 aliphatic heterocycles. The molecular weight excluding hydrogens is 360 g/mol. The van der Waals surface area contributed by atoms with Crippen molar-refractivity contribution in [2.75, 3.05) is 32.1 Å². The Kier molecular flexibility index (Phi) is 7.17. The number of likely N-dealkylation sites (N-methyl/N-ethyl adjacent to an activating group) is 1. The first-order valence-corrected chi connectivity index (χ1v) is 9.25. The van der Waals surface area contributed by atoms with Gasteiger partial charge in [0.2, 0.25) is 5.91 Å². The number of para-hydroxylation sites is 1. The summed E-state index contributed by atoms with van der Waals surface area (Å²) in [5.41, 5.74) is 3.59. The highest BCUT2D eigenvalue weighted by Gasteiger charge is 2.30. The fourth-order valence-corrected chi connectivity index (χ4v) is 3.17. The van der Waals surface area contributed by atoms with Crippen LogP contribution in [0, 0.1) is 13.8 Å². The molecule has 28 heavy (non-hydrogen) atoms. The number of carbonyl (C=O) groups excluding carboxylic acids is 3. The summed E-state index contributed by atoms with van der Waals surface area (Å²) in [4.78, 5) is 38.3. The van der Waals surface area contributed by atoms with E-state index >= 15 is 0 Å². The number of urea groups is 1. The van der Waals surface area contributed by atoms with Gasteiger partial charge in [0, 0.05) is 17.9 Å². The molecule has 152 valence electrons. The van der Waals surface area contributed by atoms with Crippen LogP contribution in [0.25, 0.3) is 0 Å². The molecule has 1 aromatic rings. The molecule has 1 aromatic carbocycles. The zero-order chi connectivity index (χ0) is 20.8. The molecule has 1 atom stereocenters. The summed E-state index contributed by atoms with van der Waals surface area (Å²) in [6.07, 6.45) is 0. The Balaban J connectivity index is 2.09. The minimum Gasteiger partial charge on any atom is -0.463 e. The summed E-state index contributed by atoms with van der Waals surface area (Å²) >= 11 is 0. The molecule has 2 rings (SSSR count). The van der Waals surface area contributed by atoms with Gasteiger partial charge in [-0.2, -0.15) is 0 Å². The molecule has 1 aliphatic rings. The number of hydrogen-bond acceptors (Lipinski definition) is 5. The Morgan fingerprint density at radius 3 is 2.50 bits per heavy atom. The van der Waals surface area contributed by atoms with Gasteiger partial charge in [0.25, 0.3) is 0 Å². The molecule has 0 aromatic heterocycles. The molecule has 0 aliphatic carbocycles. The van der Waals surface area contributed by atoms with Gasteiger partial charge in [0.15, 0.2) is 0 Å². The van der Waals surface area contributed by atoms with E-state index in [-0.39, 0.29) is 31.6 Å². The van der Waals surface area contributed by atoms with Crippen molar-refractivity contribution in [1.29, 1.82) is 0 Å². The number of esters is 1. The van der Waals surface area contributed by atoms with Gasteiger partial charge >= 0.3 is 12.0 Å². The molecule has 0 radical (unpaired) electrons. The maximum atomic E-state index is 12.5. The van der Waals surface area contributed by atoms with Gasteiger partial charge in [0.1, 0.15) is 0 Å². The van der Waals surface area contributed by atoms with Crippen LogP contribution in [0.3, 0.4) is 0 Å². The molecule has 8 heteroatoms. The third-order valence-electron chi connectivity index (χ3n) is 4.45. The number of amides is 3. The van der Waals surface area contributed by atoms with Crippen LogP contribution in [-0.2, 0) is 14.3 Å². The fraction of sp³-hybridized carbons (Fsp3) is 0.450. The van der Waals surface area contributed by atoms with E-state index in [9.17, 15) is 14.4 Å². The predicted molar refractivity (Wildman–Crippen MR) is 107 cm³/mol. The second-order valence-electron chi connectivity index (χ2n) is 6.92. The molecule has 0 bridgehead atoms. The monoisotopic (exact) mass is 388 g/mol. The average molecular weight is 388 g/mol. The second kappa shape index (κ2) is 9.36. The van der Waals surface area contributed by atoms with Crippen molar-refractivity contribution in [3.05, 3.63) is 40.6 Å². The average Bonchev–Trinajstić information content (AvgIpc) is 2.57. The molecule has 3 amide bonds. The molecule has 0 saturated carbocycles. The predicted octanol–water partition coefficient (Wildman–Crippen LogP) is 1.69. The van der Waals surface area contributed by atoms with Crippen LogP contribution in [0.4, 0.5) is 10.5 Å². The summed E-state index contributed by atoms with van der Waals surface area (Å²) in [5.74, 6) is -0.655. The highest BCUT2D eigenvalue weighted by Crippen LogP contribution is 2.19. The number of carbonyl (C=O) groups is 3. The first kappa shape index (κ1) is 21.4. The van der Waals surface area contributed by atoms with Crippen LogP contribution in [0.2, 0.25) is 0 Å². The SMILES string of the molecule is CCOC(=O)C1=C(CN(C)CC(=O)Nc2c(C)cccc2C)NC(=O)N[C@H]1C. The summed E-state index contributed by atoms with van der Waals surface area (Å²) in [6, 6.07) is 4.96. The van der Waals surface area contributed by atoms with Crippen molar-refractivity contribution in [1.82, 2.24) is 15.5 Å². The number of ether oxygens (including phenoxy) is 1. The van der Waals surface area contributed by atoms with E-state index in [2.05, 4.69) is 16.0 Å². The Morgan fingerprint density at radius 2 is 1.89 bits per heavy atom. The third-order valence-corrected chi connectivity index (χ3v) is 4.45. The minimum atomic E-state index is -0.481. The van der Waals surface area contributed by atoms with E-state index in [4.69, 9.17) is 4.74 Å². The van der Waals surface area contributed by atoms with Crippen LogP contribution in [0.5, 0.6) is 0 Å². The highest BCUT2D eigenvalue weighted by atomic mass is 16.5. The summed E-state index contributed by atoms with van der Waals surface area (Å²) < 4.78 is 5.10. The Labute approximate surface area is 165 Å². The standard InChI is InChI=1S/C20H28N4O4/c1-6-28-19(26)17-14(4)21-20(27)22-15(17)10-24(5)11-16(25)23-18-12(2)8-7-9-13(18)3/h7-9,14H,6,10-11H2,1-5H3,(H,23,25)(H2,21,22,27)/t14-/m0/s1. The summed E-state index contributed by atoms with van der Waals surface area (Å²) in [7, 11) is 1.75. The van der Waals surface area contributed by atoms with E-state index in [1.165, 1.54) is 0 Å². The summed E-state index contributed by atoms with van der Waals surface area (Å²) in [5, 5.41) is 8.25. The highest BCUT2D eigenvalue weighted by molar-refractivity contribution is 5.95. The molecule has 0 fully saturated rings. The first-order valence-electron chi connectivity index (χ1n) is 9.25. The topological polar surface area (TPSA) is 99.8 Å². The lowest BCUT2D eigenvalue weighted by atomic mass is 10.0. The molecule has 0 unspecified atom stereocenters. The van der Waals surface area contributed by atoms with Crippen molar-refractivity contribution in [2.45, 2.75) is 33.7 Å². The number of rotatable bonds is 7. The van der Waals surface area contributed by atoms with Gasteiger partial charge < -0.3 is 20.7 Å². The van der Waals surface area contributed by atoms with Crippen LogP contribution < -0.4 is 16.0 Å². The van der Waals surface area contributed by atoms with Crippen molar-refractivity contribution >= 4 is 23.6 Å². The Bertz CT molecular complexity index is 783. The van der Waals surface area contributed by atoms with Gasteiger partial charge in [-0.25, -0.2) is 9.59 Å². The van der Waals surface area contributed by atoms with Gasteiger partial charge in [-0.15, -0.1) is 0 Å². The third kappa shape index (κ3) is 5.32. The van der Waals surface area contributed by atoms with Crippen molar-refractivity contribution < 1.29 is 19.1 Å². The van der Waals surface area contributed by atoms with E-state index in [1.54, 1.807) is 25.8 Å². The lowest BCUT2D eigenvalue weighted by molar-refractivity contribution is -0.139. The minimum absolute atomic E-state index is 0.102. The number of nitrogens with one attached hydrogen (secondary N) is 3. The normalized spacial score (nSPS) is 16.5. The molecule has 8 nitrogen and oxygen atoms in total. The molecule has 1 heterocycles. The number of hydrogen-bond donors (Lipinski definition) is 3. The smallest absolute Gasteiger partial charge is 0.337 e. The largest absolute Gasteiger partial charge is 0.463 e. The molecular formula is C20H28N4O4. The zero-order valence-electron chi connectivity index (χ0n) is 17.0. The maximum Gasteiger partial charge on any atom is 0.337 e.